The van der Waals surface area contributed by atoms with Crippen LogP contribution in [0.4, 0.5) is 0 Å². The molecule has 1 aromatic carbocycles. The lowest BCUT2D eigenvalue weighted by molar-refractivity contribution is 0.0879. The van der Waals surface area contributed by atoms with Crippen molar-refractivity contribution in [3.05, 3.63) is 47.0 Å². The number of hydrogen-bond donors (Lipinski definition) is 1. The van der Waals surface area contributed by atoms with Gasteiger partial charge in [0.05, 0.1) is 12.7 Å². The molecule has 0 aliphatic heterocycles. The Morgan fingerprint density at radius 3 is 2.74 bits per heavy atom. The molecule has 0 saturated heterocycles. The Labute approximate surface area is 115 Å². The van der Waals surface area contributed by atoms with E-state index < -0.39 is 0 Å². The molecule has 2 N–H and O–H groups in total. The maximum atomic E-state index is 11.4. The second-order valence-electron chi connectivity index (χ2n) is 4.74. The smallest absolute Gasteiger partial charge is 0.248 e. The van der Waals surface area contributed by atoms with Crippen LogP contribution >= 0.6 is 0 Å². The van der Waals surface area contributed by atoms with Gasteiger partial charge in [-0.25, -0.2) is 0 Å². The van der Waals surface area contributed by atoms with Crippen molar-refractivity contribution in [2.24, 2.45) is 5.73 Å². The summed E-state index contributed by atoms with van der Waals surface area (Å²) in [6.07, 6.45) is 3.65. The molecule has 1 aromatic rings. The van der Waals surface area contributed by atoms with Gasteiger partial charge in [0.25, 0.3) is 0 Å². The van der Waals surface area contributed by atoms with Gasteiger partial charge < -0.3 is 10.5 Å². The summed E-state index contributed by atoms with van der Waals surface area (Å²) in [5, 5.41) is 0. The van der Waals surface area contributed by atoms with E-state index in [2.05, 4.69) is 13.5 Å². The van der Waals surface area contributed by atoms with Crippen molar-refractivity contribution in [2.45, 2.75) is 39.7 Å². The molecule has 3 nitrogen and oxygen atoms in total. The highest BCUT2D eigenvalue weighted by molar-refractivity contribution is 5.94. The summed E-state index contributed by atoms with van der Waals surface area (Å²) in [4.78, 5) is 11.4. The topological polar surface area (TPSA) is 52.3 Å². The third-order valence-corrected chi connectivity index (χ3v) is 3.17. The molecule has 19 heavy (non-hydrogen) atoms. The SMILES string of the molecule is C=CCOC(C)c1cc(C)c(C(N)=O)cc1CCC. The van der Waals surface area contributed by atoms with Gasteiger partial charge in [-0.1, -0.05) is 25.5 Å². The van der Waals surface area contributed by atoms with Crippen molar-refractivity contribution in [1.29, 1.82) is 0 Å². The van der Waals surface area contributed by atoms with E-state index in [0.29, 0.717) is 12.2 Å². The van der Waals surface area contributed by atoms with Crippen LogP contribution < -0.4 is 5.73 Å². The van der Waals surface area contributed by atoms with E-state index in [1.165, 1.54) is 0 Å². The number of hydrogen-bond acceptors (Lipinski definition) is 2. The molecule has 0 bridgehead atoms. The largest absolute Gasteiger partial charge is 0.370 e. The average molecular weight is 261 g/mol. The predicted molar refractivity (Wildman–Crippen MR) is 78.3 cm³/mol. The standard InChI is InChI=1S/C16H23NO2/c1-5-7-13-10-14(16(17)18)11(3)9-15(13)12(4)19-8-6-2/h6,9-10,12H,2,5,7-8H2,1,3-4H3,(H2,17,18). The zero-order chi connectivity index (χ0) is 14.4. The molecule has 3 heteroatoms. The molecule has 0 aliphatic carbocycles. The first-order chi connectivity index (χ1) is 9.01. The first-order valence-corrected chi connectivity index (χ1v) is 6.67. The third kappa shape index (κ3) is 3.93. The Morgan fingerprint density at radius 1 is 1.53 bits per heavy atom. The Kier molecular flexibility index (Phi) is 5.77. The van der Waals surface area contributed by atoms with Crippen LogP contribution in [0.5, 0.6) is 0 Å². The molecule has 104 valence electrons. The van der Waals surface area contributed by atoms with Crippen LogP contribution in [0.2, 0.25) is 0 Å². The highest BCUT2D eigenvalue weighted by Gasteiger charge is 2.15. The summed E-state index contributed by atoms with van der Waals surface area (Å²) >= 11 is 0. The van der Waals surface area contributed by atoms with E-state index in [-0.39, 0.29) is 12.0 Å². The summed E-state index contributed by atoms with van der Waals surface area (Å²) < 4.78 is 5.69. The molecule has 0 heterocycles. The van der Waals surface area contributed by atoms with Crippen molar-refractivity contribution in [1.82, 2.24) is 0 Å². The predicted octanol–water partition coefficient (Wildman–Crippen LogP) is 3.31. The number of primary amides is 1. The summed E-state index contributed by atoms with van der Waals surface area (Å²) in [5.41, 5.74) is 9.17. The Morgan fingerprint density at radius 2 is 2.21 bits per heavy atom. The van der Waals surface area contributed by atoms with E-state index in [1.807, 2.05) is 26.0 Å². The molecule has 0 spiro atoms. The average Bonchev–Trinajstić information content (AvgIpc) is 2.37. The van der Waals surface area contributed by atoms with Crippen LogP contribution in [-0.4, -0.2) is 12.5 Å². The van der Waals surface area contributed by atoms with Gasteiger partial charge in [0, 0.05) is 5.56 Å². The summed E-state index contributed by atoms with van der Waals surface area (Å²) in [6.45, 7) is 10.2. The normalized spacial score (nSPS) is 12.2. The van der Waals surface area contributed by atoms with Gasteiger partial charge in [-0.3, -0.25) is 4.79 Å². The van der Waals surface area contributed by atoms with Gasteiger partial charge >= 0.3 is 0 Å². The number of aryl methyl sites for hydroxylation is 2. The molecule has 0 saturated carbocycles. The fourth-order valence-electron chi connectivity index (χ4n) is 2.21. The maximum Gasteiger partial charge on any atom is 0.248 e. The second-order valence-corrected chi connectivity index (χ2v) is 4.74. The van der Waals surface area contributed by atoms with Crippen LogP contribution in [0.15, 0.2) is 24.8 Å². The van der Waals surface area contributed by atoms with Crippen LogP contribution in [0.3, 0.4) is 0 Å². The number of carbonyl (C=O) groups excluding carboxylic acids is 1. The minimum atomic E-state index is -0.374. The number of benzene rings is 1. The fraction of sp³-hybridized carbons (Fsp3) is 0.438. The van der Waals surface area contributed by atoms with E-state index in [9.17, 15) is 4.79 Å². The van der Waals surface area contributed by atoms with Crippen LogP contribution in [-0.2, 0) is 11.2 Å². The van der Waals surface area contributed by atoms with E-state index >= 15 is 0 Å². The molecule has 1 rings (SSSR count). The highest BCUT2D eigenvalue weighted by atomic mass is 16.5. The van der Waals surface area contributed by atoms with Crippen molar-refractivity contribution in [2.75, 3.05) is 6.61 Å². The Bertz CT molecular complexity index is 466. The molecule has 1 atom stereocenters. The summed E-state index contributed by atoms with van der Waals surface area (Å²) in [5.74, 6) is -0.374. The van der Waals surface area contributed by atoms with Crippen LogP contribution in [0.1, 0.15) is 53.4 Å². The lowest BCUT2D eigenvalue weighted by atomic mass is 9.93. The van der Waals surface area contributed by atoms with Gasteiger partial charge in [0.15, 0.2) is 0 Å². The Balaban J connectivity index is 3.17. The molecular weight excluding hydrogens is 238 g/mol. The number of rotatable bonds is 7. The van der Waals surface area contributed by atoms with Crippen LogP contribution in [0.25, 0.3) is 0 Å². The fourth-order valence-corrected chi connectivity index (χ4v) is 2.21. The van der Waals surface area contributed by atoms with Gasteiger partial charge in [-0.15, -0.1) is 6.58 Å². The minimum Gasteiger partial charge on any atom is -0.370 e. The summed E-state index contributed by atoms with van der Waals surface area (Å²) in [6, 6.07) is 3.92. The first-order valence-electron chi connectivity index (χ1n) is 6.67. The zero-order valence-electron chi connectivity index (χ0n) is 12.0. The van der Waals surface area contributed by atoms with Gasteiger partial charge in [-0.05, 0) is 43.0 Å². The number of carbonyl (C=O) groups is 1. The lowest BCUT2D eigenvalue weighted by Gasteiger charge is -2.18. The van der Waals surface area contributed by atoms with Crippen LogP contribution in [0, 0.1) is 6.92 Å². The van der Waals surface area contributed by atoms with Crippen molar-refractivity contribution >= 4 is 5.91 Å². The van der Waals surface area contributed by atoms with Crippen molar-refractivity contribution < 1.29 is 9.53 Å². The minimum absolute atomic E-state index is 0.0137. The summed E-state index contributed by atoms with van der Waals surface area (Å²) in [7, 11) is 0. The van der Waals surface area contributed by atoms with E-state index in [0.717, 1.165) is 29.5 Å². The van der Waals surface area contributed by atoms with Gasteiger partial charge in [0.1, 0.15) is 0 Å². The van der Waals surface area contributed by atoms with Gasteiger partial charge in [0.2, 0.25) is 5.91 Å². The number of amides is 1. The molecule has 0 aliphatic rings. The zero-order valence-corrected chi connectivity index (χ0v) is 12.0. The monoisotopic (exact) mass is 261 g/mol. The molecule has 1 unspecified atom stereocenters. The van der Waals surface area contributed by atoms with E-state index in [1.54, 1.807) is 6.08 Å². The van der Waals surface area contributed by atoms with Crippen molar-refractivity contribution in [3.63, 3.8) is 0 Å². The first kappa shape index (κ1) is 15.4. The highest BCUT2D eigenvalue weighted by Crippen LogP contribution is 2.26. The molecular formula is C16H23NO2. The van der Waals surface area contributed by atoms with Gasteiger partial charge in [-0.2, -0.15) is 0 Å². The second kappa shape index (κ2) is 7.10. The molecule has 0 radical (unpaired) electrons. The van der Waals surface area contributed by atoms with E-state index in [4.69, 9.17) is 10.5 Å². The Hall–Kier alpha value is -1.61. The molecule has 0 fully saturated rings. The number of ether oxygens (including phenoxy) is 1. The quantitative estimate of drug-likeness (QED) is 0.765. The molecule has 0 aromatic heterocycles. The van der Waals surface area contributed by atoms with Crippen molar-refractivity contribution in [3.8, 4) is 0 Å². The molecule has 1 amide bonds. The number of nitrogens with two attached hydrogens (primary N) is 1. The maximum absolute atomic E-state index is 11.4. The lowest BCUT2D eigenvalue weighted by Crippen LogP contribution is -2.15. The third-order valence-electron chi connectivity index (χ3n) is 3.17.